The van der Waals surface area contributed by atoms with Crippen LogP contribution in [0.15, 0.2) is 28.9 Å². The summed E-state index contributed by atoms with van der Waals surface area (Å²) in [5.74, 6) is -0.888. The van der Waals surface area contributed by atoms with E-state index in [1.54, 1.807) is 6.20 Å². The zero-order chi connectivity index (χ0) is 12.5. The van der Waals surface area contributed by atoms with E-state index in [4.69, 9.17) is 9.63 Å². The Hall–Kier alpha value is -2.04. The molecule has 1 aliphatic rings. The molecule has 1 aromatic heterocycles. The Bertz CT molecular complexity index is 570. The Morgan fingerprint density at radius 2 is 2.17 bits per heavy atom. The summed E-state index contributed by atoms with van der Waals surface area (Å²) in [6.45, 7) is 1.53. The number of hydrogen-bond acceptors (Lipinski definition) is 4. The summed E-state index contributed by atoms with van der Waals surface area (Å²) in [5, 5.41) is 13.8. The fourth-order valence-electron chi connectivity index (χ4n) is 2.52. The number of benzene rings is 1. The number of anilines is 1. The lowest BCUT2D eigenvalue weighted by atomic mass is 9.96. The second-order valence-electron chi connectivity index (χ2n) is 4.61. The minimum absolute atomic E-state index is 0.206. The summed E-state index contributed by atoms with van der Waals surface area (Å²) in [5.41, 5.74) is 1.85. The van der Waals surface area contributed by atoms with E-state index in [0.29, 0.717) is 12.8 Å². The summed E-state index contributed by atoms with van der Waals surface area (Å²) in [6, 6.07) is 5.85. The molecule has 5 heteroatoms. The zero-order valence-electron chi connectivity index (χ0n) is 9.87. The highest BCUT2D eigenvalue weighted by Gasteiger charge is 2.25. The van der Waals surface area contributed by atoms with Crippen LogP contribution in [0.4, 0.5) is 5.69 Å². The van der Waals surface area contributed by atoms with Crippen LogP contribution in [0.1, 0.15) is 12.8 Å². The maximum atomic E-state index is 10.9. The van der Waals surface area contributed by atoms with Crippen LogP contribution in [0.2, 0.25) is 0 Å². The van der Waals surface area contributed by atoms with E-state index in [-0.39, 0.29) is 5.92 Å². The van der Waals surface area contributed by atoms with Gasteiger partial charge >= 0.3 is 5.97 Å². The predicted octanol–water partition coefficient (Wildman–Crippen LogP) is 2.13. The number of carboxylic acids is 1. The highest BCUT2D eigenvalue weighted by Crippen LogP contribution is 2.30. The molecule has 0 saturated carbocycles. The number of hydrogen-bond donors (Lipinski definition) is 1. The summed E-state index contributed by atoms with van der Waals surface area (Å²) < 4.78 is 5.14. The molecule has 2 aromatic rings. The van der Waals surface area contributed by atoms with E-state index in [2.05, 4.69) is 10.1 Å². The molecule has 5 nitrogen and oxygen atoms in total. The van der Waals surface area contributed by atoms with E-state index in [1.807, 2.05) is 18.2 Å². The number of aliphatic carboxylic acids is 1. The summed E-state index contributed by atoms with van der Waals surface area (Å²) >= 11 is 0. The molecule has 1 fully saturated rings. The smallest absolute Gasteiger partial charge is 0.306 e. The molecule has 3 rings (SSSR count). The van der Waals surface area contributed by atoms with Gasteiger partial charge in [-0.2, -0.15) is 0 Å². The number of nitrogens with zero attached hydrogens (tertiary/aromatic N) is 2. The predicted molar refractivity (Wildman–Crippen MR) is 66.6 cm³/mol. The van der Waals surface area contributed by atoms with E-state index in [0.717, 1.165) is 29.7 Å². The van der Waals surface area contributed by atoms with Crippen LogP contribution in [0, 0.1) is 5.92 Å². The van der Waals surface area contributed by atoms with Crippen molar-refractivity contribution in [3.63, 3.8) is 0 Å². The van der Waals surface area contributed by atoms with Crippen LogP contribution in [0.3, 0.4) is 0 Å². The molecule has 0 amide bonds. The lowest BCUT2D eigenvalue weighted by Gasteiger charge is -2.32. The molecule has 1 aromatic carbocycles. The molecule has 1 aliphatic heterocycles. The van der Waals surface area contributed by atoms with E-state index < -0.39 is 5.97 Å². The second kappa shape index (κ2) is 4.33. The van der Waals surface area contributed by atoms with Gasteiger partial charge in [-0.05, 0) is 25.0 Å². The molecule has 18 heavy (non-hydrogen) atoms. The molecule has 0 bridgehead atoms. The number of carbonyl (C=O) groups is 1. The number of carboxylic acid groups (broad SMARTS) is 1. The normalized spacial score (nSPS) is 17.2. The molecule has 0 spiro atoms. The van der Waals surface area contributed by atoms with E-state index >= 15 is 0 Å². The van der Waals surface area contributed by atoms with Gasteiger partial charge in [-0.15, -0.1) is 0 Å². The van der Waals surface area contributed by atoms with Gasteiger partial charge in [0.15, 0.2) is 5.58 Å². The topological polar surface area (TPSA) is 66.6 Å². The molecule has 94 valence electrons. The summed E-state index contributed by atoms with van der Waals surface area (Å²) in [6.07, 6.45) is 3.10. The lowest BCUT2D eigenvalue weighted by Crippen LogP contribution is -2.36. The van der Waals surface area contributed by atoms with Gasteiger partial charge in [0.25, 0.3) is 0 Å². The van der Waals surface area contributed by atoms with Crippen molar-refractivity contribution >= 4 is 22.6 Å². The molecule has 1 saturated heterocycles. The highest BCUT2D eigenvalue weighted by molar-refractivity contribution is 5.90. The summed E-state index contributed by atoms with van der Waals surface area (Å²) in [4.78, 5) is 13.1. The Morgan fingerprint density at radius 1 is 1.39 bits per heavy atom. The van der Waals surface area contributed by atoms with Crippen molar-refractivity contribution in [1.82, 2.24) is 5.16 Å². The quantitative estimate of drug-likeness (QED) is 0.879. The molecular formula is C13H14N2O3. The van der Waals surface area contributed by atoms with Crippen LogP contribution in [0.5, 0.6) is 0 Å². The molecular weight excluding hydrogens is 232 g/mol. The Balaban J connectivity index is 1.84. The summed E-state index contributed by atoms with van der Waals surface area (Å²) in [7, 11) is 0. The first kappa shape index (κ1) is 11.1. The van der Waals surface area contributed by atoms with E-state index in [1.165, 1.54) is 0 Å². The van der Waals surface area contributed by atoms with Crippen molar-refractivity contribution < 1.29 is 14.4 Å². The fourth-order valence-corrected chi connectivity index (χ4v) is 2.52. The lowest BCUT2D eigenvalue weighted by molar-refractivity contribution is -0.142. The molecule has 0 unspecified atom stereocenters. The average molecular weight is 246 g/mol. The van der Waals surface area contributed by atoms with Gasteiger partial charge in [-0.1, -0.05) is 11.2 Å². The Kier molecular flexibility index (Phi) is 2.66. The van der Waals surface area contributed by atoms with Gasteiger partial charge in [0, 0.05) is 18.8 Å². The van der Waals surface area contributed by atoms with Gasteiger partial charge < -0.3 is 14.5 Å². The third kappa shape index (κ3) is 1.81. The minimum Gasteiger partial charge on any atom is -0.481 e. The van der Waals surface area contributed by atoms with Crippen molar-refractivity contribution in [3.8, 4) is 0 Å². The molecule has 0 aliphatic carbocycles. The first-order valence-electron chi connectivity index (χ1n) is 6.07. The van der Waals surface area contributed by atoms with Crippen LogP contribution >= 0.6 is 0 Å². The maximum absolute atomic E-state index is 10.9. The highest BCUT2D eigenvalue weighted by atomic mass is 16.5. The largest absolute Gasteiger partial charge is 0.481 e. The van der Waals surface area contributed by atoms with Crippen LogP contribution < -0.4 is 4.90 Å². The molecule has 2 heterocycles. The van der Waals surface area contributed by atoms with Gasteiger partial charge in [-0.3, -0.25) is 4.79 Å². The Labute approximate surface area is 104 Å². The minimum atomic E-state index is -0.683. The number of piperidine rings is 1. The number of rotatable bonds is 2. The second-order valence-corrected chi connectivity index (χ2v) is 4.61. The van der Waals surface area contributed by atoms with Crippen LogP contribution in [-0.4, -0.2) is 29.3 Å². The molecule has 0 atom stereocenters. The SMILES string of the molecule is O=C(O)C1CCN(c2cccc3oncc23)CC1. The third-order valence-corrected chi connectivity index (χ3v) is 3.56. The molecule has 0 radical (unpaired) electrons. The van der Waals surface area contributed by atoms with Crippen molar-refractivity contribution in [2.75, 3.05) is 18.0 Å². The first-order chi connectivity index (χ1) is 8.75. The van der Waals surface area contributed by atoms with Gasteiger partial charge in [-0.25, -0.2) is 0 Å². The number of fused-ring (bicyclic) bond motifs is 1. The Morgan fingerprint density at radius 3 is 2.89 bits per heavy atom. The number of aromatic nitrogens is 1. The van der Waals surface area contributed by atoms with Crippen molar-refractivity contribution in [3.05, 3.63) is 24.4 Å². The van der Waals surface area contributed by atoms with Crippen molar-refractivity contribution in [2.45, 2.75) is 12.8 Å². The van der Waals surface area contributed by atoms with Gasteiger partial charge in [0.05, 0.1) is 17.5 Å². The van der Waals surface area contributed by atoms with E-state index in [9.17, 15) is 4.79 Å². The van der Waals surface area contributed by atoms with Crippen molar-refractivity contribution in [2.24, 2.45) is 5.92 Å². The fraction of sp³-hybridized carbons (Fsp3) is 0.385. The van der Waals surface area contributed by atoms with Crippen molar-refractivity contribution in [1.29, 1.82) is 0 Å². The first-order valence-corrected chi connectivity index (χ1v) is 6.07. The monoisotopic (exact) mass is 246 g/mol. The third-order valence-electron chi connectivity index (χ3n) is 3.56. The molecule has 1 N–H and O–H groups in total. The van der Waals surface area contributed by atoms with Crippen LogP contribution in [0.25, 0.3) is 11.0 Å². The zero-order valence-corrected chi connectivity index (χ0v) is 9.87. The van der Waals surface area contributed by atoms with Crippen LogP contribution in [-0.2, 0) is 4.79 Å². The van der Waals surface area contributed by atoms with Gasteiger partial charge in [0.1, 0.15) is 0 Å². The van der Waals surface area contributed by atoms with Gasteiger partial charge in [0.2, 0.25) is 0 Å². The standard InChI is InChI=1S/C13H14N2O3/c16-13(17)9-4-6-15(7-5-9)11-2-1-3-12-10(11)8-14-18-12/h1-3,8-9H,4-7H2,(H,16,17). The average Bonchev–Trinajstić information content (AvgIpc) is 2.87. The maximum Gasteiger partial charge on any atom is 0.306 e.